The van der Waals surface area contributed by atoms with Gasteiger partial charge in [0.2, 0.25) is 7.37 Å². The largest absolute Gasteiger partial charge is 0.466 e. The predicted molar refractivity (Wildman–Crippen MR) is 96.4 cm³/mol. The van der Waals surface area contributed by atoms with E-state index in [0.29, 0.717) is 11.1 Å². The van der Waals surface area contributed by atoms with Gasteiger partial charge in [0, 0.05) is 6.16 Å². The molecular formula is C19H23O5P. The summed E-state index contributed by atoms with van der Waals surface area (Å²) < 4.78 is 18.2. The number of carbonyl (C=O) groups excluding carboxylic acids is 1. The van der Waals surface area contributed by atoms with Crippen molar-refractivity contribution in [2.45, 2.75) is 19.2 Å². The monoisotopic (exact) mass is 362 g/mol. The number of esters is 1. The van der Waals surface area contributed by atoms with E-state index in [2.05, 4.69) is 0 Å². The molecule has 0 radical (unpaired) electrons. The van der Waals surface area contributed by atoms with Gasteiger partial charge in [-0.25, -0.2) is 0 Å². The van der Waals surface area contributed by atoms with Crippen LogP contribution < -0.4 is 0 Å². The Morgan fingerprint density at radius 1 is 1.08 bits per heavy atom. The molecule has 6 heteroatoms. The molecule has 5 nitrogen and oxygen atoms in total. The van der Waals surface area contributed by atoms with E-state index in [4.69, 9.17) is 4.74 Å². The summed E-state index contributed by atoms with van der Waals surface area (Å²) in [4.78, 5) is 22.7. The molecule has 0 aliphatic heterocycles. The summed E-state index contributed by atoms with van der Waals surface area (Å²) >= 11 is 0. The Balaban J connectivity index is 2.49. The first kappa shape index (κ1) is 19.4. The summed E-state index contributed by atoms with van der Waals surface area (Å²) in [7, 11) is -4.24. The number of aliphatic hydroxyl groups is 1. The Labute approximate surface area is 147 Å². The highest BCUT2D eigenvalue weighted by atomic mass is 31.2. The molecule has 25 heavy (non-hydrogen) atoms. The zero-order chi connectivity index (χ0) is 18.5. The summed E-state index contributed by atoms with van der Waals surface area (Å²) in [5, 5.41) is 9.28. The highest BCUT2D eigenvalue weighted by Crippen LogP contribution is 2.62. The first-order valence-electron chi connectivity index (χ1n) is 8.15. The molecule has 0 heterocycles. The van der Waals surface area contributed by atoms with Gasteiger partial charge in [-0.3, -0.25) is 9.36 Å². The van der Waals surface area contributed by atoms with Crippen LogP contribution in [0.3, 0.4) is 0 Å². The lowest BCUT2D eigenvalue weighted by atomic mass is 10.0. The van der Waals surface area contributed by atoms with Gasteiger partial charge in [-0.05, 0) is 18.1 Å². The van der Waals surface area contributed by atoms with Crippen LogP contribution in [0.15, 0.2) is 60.7 Å². The number of benzene rings is 2. The topological polar surface area (TPSA) is 83.8 Å². The van der Waals surface area contributed by atoms with Gasteiger partial charge in [-0.2, -0.15) is 0 Å². The molecule has 0 amide bonds. The summed E-state index contributed by atoms with van der Waals surface area (Å²) in [6.07, 6.45) is -0.383. The normalized spacial score (nSPS) is 15.2. The maximum absolute atomic E-state index is 13.3. The molecule has 0 saturated heterocycles. The number of hydrogen-bond donors (Lipinski definition) is 2. The molecule has 2 aromatic rings. The fourth-order valence-corrected chi connectivity index (χ4v) is 5.03. The van der Waals surface area contributed by atoms with Crippen LogP contribution in [0, 0.1) is 5.92 Å². The van der Waals surface area contributed by atoms with Crippen LogP contribution in [-0.4, -0.2) is 28.7 Å². The maximum Gasteiger partial charge on any atom is 0.309 e. The van der Waals surface area contributed by atoms with Crippen LogP contribution >= 0.6 is 7.37 Å². The van der Waals surface area contributed by atoms with Crippen molar-refractivity contribution in [3.63, 3.8) is 0 Å². The van der Waals surface area contributed by atoms with Crippen molar-refractivity contribution in [1.82, 2.24) is 0 Å². The number of hydrogen-bond acceptors (Lipinski definition) is 4. The van der Waals surface area contributed by atoms with Gasteiger partial charge in [0.1, 0.15) is 0 Å². The van der Waals surface area contributed by atoms with E-state index in [1.165, 1.54) is 6.92 Å². The van der Waals surface area contributed by atoms with E-state index >= 15 is 0 Å². The minimum absolute atomic E-state index is 0.195. The van der Waals surface area contributed by atoms with E-state index < -0.39 is 24.6 Å². The Morgan fingerprint density at radius 2 is 1.52 bits per heavy atom. The minimum atomic E-state index is -4.24. The molecule has 2 atom stereocenters. The second-order valence-electron chi connectivity index (χ2n) is 5.94. The van der Waals surface area contributed by atoms with Gasteiger partial charge in [0.05, 0.1) is 12.5 Å². The minimum Gasteiger partial charge on any atom is -0.466 e. The number of ether oxygens (including phenoxy) is 1. The van der Waals surface area contributed by atoms with Crippen molar-refractivity contribution < 1.29 is 24.1 Å². The Bertz CT molecular complexity index is 705. The third-order valence-electron chi connectivity index (χ3n) is 4.07. The Morgan fingerprint density at radius 3 is 1.92 bits per heavy atom. The molecule has 134 valence electrons. The highest BCUT2D eigenvalue weighted by Gasteiger charge is 2.49. The van der Waals surface area contributed by atoms with Crippen LogP contribution in [0.4, 0.5) is 0 Å². The third-order valence-corrected chi connectivity index (χ3v) is 6.64. The average Bonchev–Trinajstić information content (AvgIpc) is 2.62. The third kappa shape index (κ3) is 4.01. The Hall–Kier alpha value is -1.94. The van der Waals surface area contributed by atoms with Crippen molar-refractivity contribution in [2.75, 3.05) is 12.8 Å². The zero-order valence-electron chi connectivity index (χ0n) is 14.3. The smallest absolute Gasteiger partial charge is 0.309 e. The van der Waals surface area contributed by atoms with Crippen LogP contribution in [0.2, 0.25) is 0 Å². The lowest BCUT2D eigenvalue weighted by molar-refractivity contribution is -0.146. The predicted octanol–water partition coefficient (Wildman–Crippen LogP) is 3.35. The summed E-state index contributed by atoms with van der Waals surface area (Å²) in [5.41, 5.74) is 0.617. The average molecular weight is 362 g/mol. The lowest BCUT2D eigenvalue weighted by Gasteiger charge is -2.34. The van der Waals surface area contributed by atoms with Crippen molar-refractivity contribution in [1.29, 1.82) is 0 Å². The van der Waals surface area contributed by atoms with E-state index in [0.717, 1.165) is 0 Å². The number of carbonyl (C=O) groups is 1. The zero-order valence-corrected chi connectivity index (χ0v) is 15.2. The molecule has 0 aliphatic carbocycles. The van der Waals surface area contributed by atoms with Gasteiger partial charge in [0.15, 0.2) is 5.34 Å². The second kappa shape index (κ2) is 7.96. The maximum atomic E-state index is 13.3. The van der Waals surface area contributed by atoms with Crippen molar-refractivity contribution in [3.05, 3.63) is 71.8 Å². The van der Waals surface area contributed by atoms with Gasteiger partial charge < -0.3 is 14.7 Å². The Kier molecular flexibility index (Phi) is 6.17. The van der Waals surface area contributed by atoms with Crippen LogP contribution in [-0.2, 0) is 19.4 Å². The molecule has 0 saturated carbocycles. The van der Waals surface area contributed by atoms with Crippen molar-refractivity contribution in [3.8, 4) is 0 Å². The quantitative estimate of drug-likeness (QED) is 0.583. The van der Waals surface area contributed by atoms with Crippen LogP contribution in [0.25, 0.3) is 0 Å². The molecule has 1 unspecified atom stereocenters. The molecule has 2 N–H and O–H groups in total. The highest BCUT2D eigenvalue weighted by molar-refractivity contribution is 7.59. The summed E-state index contributed by atoms with van der Waals surface area (Å²) in [6.45, 7) is 3.39. The van der Waals surface area contributed by atoms with Gasteiger partial charge in [0.25, 0.3) is 0 Å². The van der Waals surface area contributed by atoms with E-state index in [9.17, 15) is 19.4 Å². The standard InChI is InChI=1S/C19H23O5P/c1-3-24-18(20)15(2)14-25(22,23)19(21,16-10-6-4-7-11-16)17-12-8-5-9-13-17/h4-13,15,21H,3,14H2,1-2H3,(H,22,23)/t15-/m0/s1. The second-order valence-corrected chi connectivity index (χ2v) is 8.36. The molecule has 2 aromatic carbocycles. The van der Waals surface area contributed by atoms with Crippen molar-refractivity contribution in [2.24, 2.45) is 5.92 Å². The lowest BCUT2D eigenvalue weighted by Crippen LogP contribution is -2.31. The van der Waals surface area contributed by atoms with E-state index in [1.54, 1.807) is 67.6 Å². The van der Waals surface area contributed by atoms with E-state index in [-0.39, 0.29) is 12.8 Å². The van der Waals surface area contributed by atoms with Gasteiger partial charge in [-0.15, -0.1) is 0 Å². The van der Waals surface area contributed by atoms with Crippen molar-refractivity contribution >= 4 is 13.3 Å². The molecule has 0 spiro atoms. The van der Waals surface area contributed by atoms with Crippen LogP contribution in [0.5, 0.6) is 0 Å². The van der Waals surface area contributed by atoms with Gasteiger partial charge >= 0.3 is 5.97 Å². The molecule has 2 rings (SSSR count). The number of rotatable bonds is 7. The molecular weight excluding hydrogens is 339 g/mol. The molecule has 0 bridgehead atoms. The fourth-order valence-electron chi connectivity index (χ4n) is 2.77. The molecule has 0 aromatic heterocycles. The first-order valence-corrected chi connectivity index (χ1v) is 9.99. The fraction of sp³-hybridized carbons (Fsp3) is 0.316. The molecule has 0 aliphatic rings. The SMILES string of the molecule is CCOC(=O)[C@@H](C)CP(=O)(O)C(O)(c1ccccc1)c1ccccc1. The van der Waals surface area contributed by atoms with E-state index in [1.807, 2.05) is 0 Å². The summed E-state index contributed by atoms with van der Waals surface area (Å²) in [5.74, 6) is -1.37. The van der Waals surface area contributed by atoms with Gasteiger partial charge in [-0.1, -0.05) is 67.6 Å². The molecule has 0 fully saturated rings. The summed E-state index contributed by atoms with van der Waals surface area (Å²) in [6, 6.07) is 16.7. The first-order chi connectivity index (χ1) is 11.8. The van der Waals surface area contributed by atoms with Crippen LogP contribution in [0.1, 0.15) is 25.0 Å².